The Morgan fingerprint density at radius 3 is 2.74 bits per heavy atom. The van der Waals surface area contributed by atoms with E-state index in [0.717, 1.165) is 19.4 Å². The molecule has 1 fully saturated rings. The third-order valence-corrected chi connectivity index (χ3v) is 5.01. The van der Waals surface area contributed by atoms with E-state index in [-0.39, 0.29) is 17.4 Å². The van der Waals surface area contributed by atoms with Gasteiger partial charge in [-0.15, -0.1) is 0 Å². The molecule has 0 spiro atoms. The van der Waals surface area contributed by atoms with Crippen molar-refractivity contribution in [1.82, 2.24) is 10.2 Å². The summed E-state index contributed by atoms with van der Waals surface area (Å²) in [5.74, 6) is 0.194. The van der Waals surface area contributed by atoms with E-state index in [1.54, 1.807) is 0 Å². The molecule has 1 aromatic rings. The molecule has 23 heavy (non-hydrogen) atoms. The fourth-order valence-electron chi connectivity index (χ4n) is 3.45. The highest BCUT2D eigenvalue weighted by Gasteiger charge is 2.31. The zero-order chi connectivity index (χ0) is 17.0. The van der Waals surface area contributed by atoms with Crippen LogP contribution in [0.5, 0.6) is 0 Å². The number of piperidine rings is 1. The number of benzene rings is 1. The van der Waals surface area contributed by atoms with Crippen LogP contribution >= 0.6 is 0 Å². The van der Waals surface area contributed by atoms with Gasteiger partial charge in [0.2, 0.25) is 5.91 Å². The summed E-state index contributed by atoms with van der Waals surface area (Å²) in [6, 6.07) is 9.04. The van der Waals surface area contributed by atoms with Gasteiger partial charge in [-0.1, -0.05) is 50.1 Å². The molecule has 1 unspecified atom stereocenters. The van der Waals surface area contributed by atoms with Gasteiger partial charge in [0.05, 0.1) is 6.04 Å². The maximum Gasteiger partial charge on any atom is 0.237 e. The maximum absolute atomic E-state index is 12.7. The molecule has 128 valence electrons. The Bertz CT molecular complexity index is 536. The quantitative estimate of drug-likeness (QED) is 0.899. The Labute approximate surface area is 141 Å². The zero-order valence-corrected chi connectivity index (χ0v) is 15.4. The molecule has 0 aromatic heterocycles. The third-order valence-electron chi connectivity index (χ3n) is 5.01. The Morgan fingerprint density at radius 2 is 2.09 bits per heavy atom. The number of aryl methyl sites for hydroxylation is 1. The largest absolute Gasteiger partial charge is 0.354 e. The molecule has 1 saturated heterocycles. The molecule has 1 aliphatic heterocycles. The first-order valence-corrected chi connectivity index (χ1v) is 8.92. The molecule has 0 aliphatic carbocycles. The Morgan fingerprint density at radius 1 is 1.35 bits per heavy atom. The fourth-order valence-corrected chi connectivity index (χ4v) is 3.45. The van der Waals surface area contributed by atoms with Crippen LogP contribution < -0.4 is 5.32 Å². The SMILES string of the molecule is Cc1cccc(C(C)(C)CNC(=O)C2CCCCN2C(C)C)c1. The molecule has 1 aliphatic rings. The van der Waals surface area contributed by atoms with Crippen LogP contribution in [0.4, 0.5) is 0 Å². The molecule has 0 bridgehead atoms. The van der Waals surface area contributed by atoms with Gasteiger partial charge in [0.15, 0.2) is 0 Å². The average molecular weight is 316 g/mol. The van der Waals surface area contributed by atoms with Gasteiger partial charge in [0.25, 0.3) is 0 Å². The lowest BCUT2D eigenvalue weighted by Gasteiger charge is -2.38. The van der Waals surface area contributed by atoms with Crippen molar-refractivity contribution in [3.8, 4) is 0 Å². The summed E-state index contributed by atoms with van der Waals surface area (Å²) < 4.78 is 0. The summed E-state index contributed by atoms with van der Waals surface area (Å²) in [6.07, 6.45) is 3.34. The number of amides is 1. The number of rotatable bonds is 5. The molecule has 1 aromatic carbocycles. The van der Waals surface area contributed by atoms with Crippen molar-refractivity contribution in [2.24, 2.45) is 0 Å². The zero-order valence-electron chi connectivity index (χ0n) is 15.4. The number of likely N-dealkylation sites (tertiary alicyclic amines) is 1. The lowest BCUT2D eigenvalue weighted by Crippen LogP contribution is -2.53. The van der Waals surface area contributed by atoms with E-state index in [0.29, 0.717) is 12.6 Å². The monoisotopic (exact) mass is 316 g/mol. The highest BCUT2D eigenvalue weighted by Crippen LogP contribution is 2.24. The summed E-state index contributed by atoms with van der Waals surface area (Å²) in [5.41, 5.74) is 2.49. The van der Waals surface area contributed by atoms with E-state index in [2.05, 4.69) is 69.1 Å². The summed E-state index contributed by atoms with van der Waals surface area (Å²) >= 11 is 0. The standard InChI is InChI=1S/C20H32N2O/c1-15(2)22-12-7-6-11-18(22)19(23)21-14-20(4,5)17-10-8-9-16(3)13-17/h8-10,13,15,18H,6-7,11-12,14H2,1-5H3,(H,21,23). The third kappa shape index (κ3) is 4.57. The summed E-state index contributed by atoms with van der Waals surface area (Å²) in [6.45, 7) is 12.6. The van der Waals surface area contributed by atoms with E-state index in [1.165, 1.54) is 17.5 Å². The van der Waals surface area contributed by atoms with Gasteiger partial charge < -0.3 is 5.32 Å². The lowest BCUT2D eigenvalue weighted by molar-refractivity contribution is -0.128. The van der Waals surface area contributed by atoms with Crippen molar-refractivity contribution in [2.45, 2.75) is 71.4 Å². The van der Waals surface area contributed by atoms with Crippen molar-refractivity contribution in [1.29, 1.82) is 0 Å². The highest BCUT2D eigenvalue weighted by molar-refractivity contribution is 5.82. The van der Waals surface area contributed by atoms with Crippen molar-refractivity contribution in [2.75, 3.05) is 13.1 Å². The minimum Gasteiger partial charge on any atom is -0.354 e. The van der Waals surface area contributed by atoms with Crippen LogP contribution in [0.1, 0.15) is 58.1 Å². The lowest BCUT2D eigenvalue weighted by atomic mass is 9.83. The normalized spacial score (nSPS) is 19.8. The predicted octanol–water partition coefficient (Wildman–Crippen LogP) is 3.65. The molecule has 1 atom stereocenters. The van der Waals surface area contributed by atoms with Gasteiger partial charge in [-0.3, -0.25) is 9.69 Å². The van der Waals surface area contributed by atoms with Gasteiger partial charge in [0.1, 0.15) is 0 Å². The Balaban J connectivity index is 2.00. The topological polar surface area (TPSA) is 32.3 Å². The summed E-state index contributed by atoms with van der Waals surface area (Å²) in [7, 11) is 0. The van der Waals surface area contributed by atoms with Crippen LogP contribution in [-0.4, -0.2) is 36.0 Å². The van der Waals surface area contributed by atoms with Crippen LogP contribution in [0, 0.1) is 6.92 Å². The van der Waals surface area contributed by atoms with Crippen molar-refractivity contribution >= 4 is 5.91 Å². The second-order valence-corrected chi connectivity index (χ2v) is 7.81. The molecular formula is C20H32N2O. The van der Waals surface area contributed by atoms with Crippen molar-refractivity contribution in [3.63, 3.8) is 0 Å². The van der Waals surface area contributed by atoms with Gasteiger partial charge in [-0.2, -0.15) is 0 Å². The summed E-state index contributed by atoms with van der Waals surface area (Å²) in [4.78, 5) is 15.1. The van der Waals surface area contributed by atoms with E-state index in [1.807, 2.05) is 0 Å². The highest BCUT2D eigenvalue weighted by atomic mass is 16.2. The minimum absolute atomic E-state index is 0.0389. The molecule has 1 amide bonds. The van der Waals surface area contributed by atoms with Crippen LogP contribution in [0.3, 0.4) is 0 Å². The molecule has 0 radical (unpaired) electrons. The van der Waals surface area contributed by atoms with Crippen molar-refractivity contribution < 1.29 is 4.79 Å². The molecule has 0 saturated carbocycles. The Kier molecular flexibility index (Phi) is 5.85. The first kappa shape index (κ1) is 18.0. The smallest absolute Gasteiger partial charge is 0.237 e. The van der Waals surface area contributed by atoms with Crippen molar-refractivity contribution in [3.05, 3.63) is 35.4 Å². The number of nitrogens with one attached hydrogen (secondary N) is 1. The van der Waals surface area contributed by atoms with E-state index >= 15 is 0 Å². The van der Waals surface area contributed by atoms with Gasteiger partial charge >= 0.3 is 0 Å². The second-order valence-electron chi connectivity index (χ2n) is 7.81. The Hall–Kier alpha value is -1.35. The van der Waals surface area contributed by atoms with Crippen LogP contribution in [-0.2, 0) is 10.2 Å². The number of carbonyl (C=O) groups excluding carboxylic acids is 1. The molecule has 1 N–H and O–H groups in total. The van der Waals surface area contributed by atoms with Crippen LogP contribution in [0.15, 0.2) is 24.3 Å². The number of carbonyl (C=O) groups is 1. The van der Waals surface area contributed by atoms with Gasteiger partial charge in [0, 0.05) is 18.0 Å². The second kappa shape index (κ2) is 7.48. The van der Waals surface area contributed by atoms with E-state index < -0.39 is 0 Å². The fraction of sp³-hybridized carbons (Fsp3) is 0.650. The predicted molar refractivity (Wildman–Crippen MR) is 96.7 cm³/mol. The van der Waals surface area contributed by atoms with Gasteiger partial charge in [-0.25, -0.2) is 0 Å². The van der Waals surface area contributed by atoms with Gasteiger partial charge in [-0.05, 0) is 45.7 Å². The average Bonchev–Trinajstić information content (AvgIpc) is 2.52. The van der Waals surface area contributed by atoms with Crippen LogP contribution in [0.25, 0.3) is 0 Å². The number of hydrogen-bond donors (Lipinski definition) is 1. The van der Waals surface area contributed by atoms with E-state index in [4.69, 9.17) is 0 Å². The van der Waals surface area contributed by atoms with E-state index in [9.17, 15) is 4.79 Å². The number of hydrogen-bond acceptors (Lipinski definition) is 2. The van der Waals surface area contributed by atoms with Crippen LogP contribution in [0.2, 0.25) is 0 Å². The minimum atomic E-state index is -0.0565. The summed E-state index contributed by atoms with van der Waals surface area (Å²) in [5, 5.41) is 3.21. The molecule has 3 heteroatoms. The maximum atomic E-state index is 12.7. The molecule has 2 rings (SSSR count). The first-order chi connectivity index (χ1) is 10.8. The molecule has 3 nitrogen and oxygen atoms in total. The first-order valence-electron chi connectivity index (χ1n) is 8.92. The molecule has 1 heterocycles. The molecular weight excluding hydrogens is 284 g/mol. The number of nitrogens with zero attached hydrogens (tertiary/aromatic N) is 1.